The summed E-state index contributed by atoms with van der Waals surface area (Å²) in [6, 6.07) is 8.37. The molecule has 1 amide bonds. The van der Waals surface area contributed by atoms with E-state index in [2.05, 4.69) is 5.32 Å². The molecule has 7 nitrogen and oxygen atoms in total. The van der Waals surface area contributed by atoms with Crippen LogP contribution in [-0.4, -0.2) is 24.3 Å². The molecule has 1 aromatic heterocycles. The van der Waals surface area contributed by atoms with Gasteiger partial charge >= 0.3 is 5.63 Å². The number of rotatable bonds is 5. The fraction of sp³-hybridized carbons (Fsp3) is 0.368. The quantitative estimate of drug-likeness (QED) is 0.710. The number of hydrogen-bond donors (Lipinski definition) is 3. The number of carbonyl (C=O) groups is 1. The third-order valence-electron chi connectivity index (χ3n) is 4.61. The molecule has 1 aromatic carbocycles. The van der Waals surface area contributed by atoms with Crippen molar-refractivity contribution in [3.63, 3.8) is 0 Å². The van der Waals surface area contributed by atoms with Crippen LogP contribution in [0.25, 0.3) is 11.3 Å². The van der Waals surface area contributed by atoms with Gasteiger partial charge in [0.15, 0.2) is 5.56 Å². The standard InChI is InChI=1S/C19H22N2O5/c1-25-14-9-7-12(8-10-14)16-11-15(21-24)17(19(23)26-16)18(22)20-13-5-3-2-4-6-13/h7-11,13,21,24H,2-6H2,1H3,(H,20,22). The van der Waals surface area contributed by atoms with Crippen LogP contribution in [0.3, 0.4) is 0 Å². The van der Waals surface area contributed by atoms with E-state index in [1.807, 2.05) is 5.48 Å². The van der Waals surface area contributed by atoms with E-state index in [9.17, 15) is 14.8 Å². The van der Waals surface area contributed by atoms with E-state index in [4.69, 9.17) is 9.15 Å². The molecule has 0 spiro atoms. The lowest BCUT2D eigenvalue weighted by Crippen LogP contribution is -2.38. The van der Waals surface area contributed by atoms with E-state index in [-0.39, 0.29) is 23.1 Å². The van der Waals surface area contributed by atoms with Gasteiger partial charge in [-0.25, -0.2) is 4.79 Å². The minimum Gasteiger partial charge on any atom is -0.497 e. The number of nitrogens with one attached hydrogen (secondary N) is 2. The van der Waals surface area contributed by atoms with Crippen LogP contribution in [0.2, 0.25) is 0 Å². The molecule has 7 heteroatoms. The first-order valence-corrected chi connectivity index (χ1v) is 8.66. The molecule has 0 unspecified atom stereocenters. The van der Waals surface area contributed by atoms with Gasteiger partial charge in [0.1, 0.15) is 11.5 Å². The molecule has 1 aliphatic carbocycles. The Labute approximate surface area is 150 Å². The van der Waals surface area contributed by atoms with Gasteiger partial charge in [0.05, 0.1) is 12.8 Å². The van der Waals surface area contributed by atoms with Crippen molar-refractivity contribution < 1.29 is 19.2 Å². The summed E-state index contributed by atoms with van der Waals surface area (Å²) in [4.78, 5) is 24.9. The molecule has 26 heavy (non-hydrogen) atoms. The lowest BCUT2D eigenvalue weighted by molar-refractivity contribution is 0.0924. The zero-order chi connectivity index (χ0) is 18.5. The monoisotopic (exact) mass is 358 g/mol. The molecule has 1 fully saturated rings. The van der Waals surface area contributed by atoms with E-state index < -0.39 is 11.5 Å². The minimum atomic E-state index is -0.803. The topological polar surface area (TPSA) is 101 Å². The second-order valence-electron chi connectivity index (χ2n) is 6.34. The van der Waals surface area contributed by atoms with Crippen LogP contribution in [0, 0.1) is 0 Å². The Hall–Kier alpha value is -2.80. The molecule has 3 rings (SSSR count). The molecule has 0 atom stereocenters. The third-order valence-corrected chi connectivity index (χ3v) is 4.61. The van der Waals surface area contributed by atoms with E-state index in [1.54, 1.807) is 31.4 Å². The molecule has 0 bridgehead atoms. The Balaban J connectivity index is 1.89. The maximum atomic E-state index is 12.5. The largest absolute Gasteiger partial charge is 0.497 e. The molecular formula is C19H22N2O5. The van der Waals surface area contributed by atoms with E-state index in [0.717, 1.165) is 32.1 Å². The van der Waals surface area contributed by atoms with Gasteiger partial charge in [0.25, 0.3) is 5.91 Å². The van der Waals surface area contributed by atoms with Gasteiger partial charge in [-0.2, -0.15) is 0 Å². The number of carbonyl (C=O) groups excluding carboxylic acids is 1. The third kappa shape index (κ3) is 3.88. The highest BCUT2D eigenvalue weighted by atomic mass is 16.5. The number of hydrogen-bond acceptors (Lipinski definition) is 6. The van der Waals surface area contributed by atoms with Gasteiger partial charge in [0.2, 0.25) is 0 Å². The predicted octanol–water partition coefficient (Wildman–Crippen LogP) is 3.18. The summed E-state index contributed by atoms with van der Waals surface area (Å²) in [5.74, 6) is 0.368. The first-order valence-electron chi connectivity index (χ1n) is 8.66. The second-order valence-corrected chi connectivity index (χ2v) is 6.34. The van der Waals surface area contributed by atoms with Crippen molar-refractivity contribution in [3.05, 3.63) is 46.3 Å². The molecular weight excluding hydrogens is 336 g/mol. The van der Waals surface area contributed by atoms with Crippen molar-refractivity contribution in [1.29, 1.82) is 0 Å². The Kier molecular flexibility index (Phi) is 5.58. The average Bonchev–Trinajstić information content (AvgIpc) is 2.68. The van der Waals surface area contributed by atoms with Crippen LogP contribution >= 0.6 is 0 Å². The van der Waals surface area contributed by atoms with Crippen LogP contribution in [0.1, 0.15) is 42.5 Å². The van der Waals surface area contributed by atoms with Crippen LogP contribution in [0.4, 0.5) is 5.69 Å². The summed E-state index contributed by atoms with van der Waals surface area (Å²) in [5.41, 5.74) is 1.55. The maximum absolute atomic E-state index is 12.5. The number of benzene rings is 1. The van der Waals surface area contributed by atoms with E-state index >= 15 is 0 Å². The molecule has 138 valence electrons. The molecule has 3 N–H and O–H groups in total. The van der Waals surface area contributed by atoms with Crippen molar-refractivity contribution in [2.45, 2.75) is 38.1 Å². The van der Waals surface area contributed by atoms with Gasteiger partial charge in [-0.3, -0.25) is 15.5 Å². The van der Waals surface area contributed by atoms with Crippen LogP contribution in [-0.2, 0) is 0 Å². The average molecular weight is 358 g/mol. The lowest BCUT2D eigenvalue weighted by Gasteiger charge is -2.22. The molecule has 1 heterocycles. The zero-order valence-electron chi connectivity index (χ0n) is 14.6. The fourth-order valence-corrected chi connectivity index (χ4v) is 3.20. The van der Waals surface area contributed by atoms with Gasteiger partial charge in [-0.1, -0.05) is 19.3 Å². The van der Waals surface area contributed by atoms with Crippen LogP contribution in [0.5, 0.6) is 5.75 Å². The lowest BCUT2D eigenvalue weighted by atomic mass is 9.95. The molecule has 1 saturated carbocycles. The highest BCUT2D eigenvalue weighted by Crippen LogP contribution is 2.25. The van der Waals surface area contributed by atoms with Crippen molar-refractivity contribution >= 4 is 11.6 Å². The highest BCUT2D eigenvalue weighted by molar-refractivity contribution is 5.99. The summed E-state index contributed by atoms with van der Waals surface area (Å²) in [6.07, 6.45) is 5.06. The van der Waals surface area contributed by atoms with Crippen molar-refractivity contribution in [2.24, 2.45) is 0 Å². The number of anilines is 1. The zero-order valence-corrected chi connectivity index (χ0v) is 14.6. The summed E-state index contributed by atoms with van der Waals surface area (Å²) >= 11 is 0. The molecule has 1 aliphatic rings. The predicted molar refractivity (Wildman–Crippen MR) is 96.7 cm³/mol. The fourth-order valence-electron chi connectivity index (χ4n) is 3.20. The second kappa shape index (κ2) is 8.05. The van der Waals surface area contributed by atoms with Crippen LogP contribution in [0.15, 0.2) is 39.5 Å². The molecule has 0 aliphatic heterocycles. The Morgan fingerprint density at radius 1 is 1.19 bits per heavy atom. The molecule has 0 radical (unpaired) electrons. The SMILES string of the molecule is COc1ccc(-c2cc(NO)c(C(=O)NC3CCCCC3)c(=O)o2)cc1. The van der Waals surface area contributed by atoms with E-state index in [1.165, 1.54) is 6.07 Å². The summed E-state index contributed by atoms with van der Waals surface area (Å²) in [5, 5.41) is 12.3. The maximum Gasteiger partial charge on any atom is 0.351 e. The Morgan fingerprint density at radius 2 is 1.88 bits per heavy atom. The number of methoxy groups -OCH3 is 1. The first-order chi connectivity index (χ1) is 12.6. The van der Waals surface area contributed by atoms with E-state index in [0.29, 0.717) is 11.3 Å². The number of ether oxygens (including phenoxy) is 1. The van der Waals surface area contributed by atoms with Gasteiger partial charge in [0, 0.05) is 17.7 Å². The Bertz CT molecular complexity index is 823. The highest BCUT2D eigenvalue weighted by Gasteiger charge is 2.23. The normalized spacial score (nSPS) is 14.7. The van der Waals surface area contributed by atoms with Gasteiger partial charge < -0.3 is 14.5 Å². The number of amides is 1. The first kappa shape index (κ1) is 18.0. The van der Waals surface area contributed by atoms with Crippen LogP contribution < -0.4 is 21.2 Å². The van der Waals surface area contributed by atoms with Gasteiger partial charge in [-0.05, 0) is 37.1 Å². The minimum absolute atomic E-state index is 0.0142. The van der Waals surface area contributed by atoms with Crippen molar-refractivity contribution in [1.82, 2.24) is 5.32 Å². The Morgan fingerprint density at radius 3 is 2.50 bits per heavy atom. The summed E-state index contributed by atoms with van der Waals surface area (Å²) in [6.45, 7) is 0. The van der Waals surface area contributed by atoms with Crippen molar-refractivity contribution in [2.75, 3.05) is 12.6 Å². The summed E-state index contributed by atoms with van der Waals surface area (Å²) in [7, 11) is 1.56. The molecule has 2 aromatic rings. The smallest absolute Gasteiger partial charge is 0.351 e. The van der Waals surface area contributed by atoms with Gasteiger partial charge in [-0.15, -0.1) is 0 Å². The molecule has 0 saturated heterocycles. The van der Waals surface area contributed by atoms with Crippen molar-refractivity contribution in [3.8, 4) is 17.1 Å². The summed E-state index contributed by atoms with van der Waals surface area (Å²) < 4.78 is 10.4.